The lowest BCUT2D eigenvalue weighted by Crippen LogP contribution is -2.14. The van der Waals surface area contributed by atoms with Gasteiger partial charge in [-0.2, -0.15) is 5.10 Å². The number of benzene rings is 3. The third-order valence-electron chi connectivity index (χ3n) is 5.35. The summed E-state index contributed by atoms with van der Waals surface area (Å²) < 4.78 is 17.8. The number of methoxy groups -OCH3 is 1. The van der Waals surface area contributed by atoms with Crippen molar-refractivity contribution in [2.24, 2.45) is 0 Å². The molecule has 0 aliphatic rings. The van der Waals surface area contributed by atoms with E-state index >= 15 is 0 Å². The molecule has 2 heterocycles. The molecule has 0 saturated heterocycles. The van der Waals surface area contributed by atoms with Gasteiger partial charge in [0.25, 0.3) is 0 Å². The van der Waals surface area contributed by atoms with Gasteiger partial charge in [-0.05, 0) is 48.5 Å². The molecule has 0 N–H and O–H groups in total. The molecule has 5 rings (SSSR count). The average Bonchev–Trinajstić information content (AvgIpc) is 3.53. The predicted molar refractivity (Wildman–Crippen MR) is 126 cm³/mol. The zero-order valence-corrected chi connectivity index (χ0v) is 18.3. The molecule has 0 bridgehead atoms. The van der Waals surface area contributed by atoms with Crippen LogP contribution < -0.4 is 4.74 Å². The van der Waals surface area contributed by atoms with Crippen molar-refractivity contribution in [3.8, 4) is 22.7 Å². The molecule has 0 spiro atoms. The number of esters is 1. The number of carbonyl (C=O) groups excluding carboxylic acids is 2. The Hall–Kier alpha value is -4.65. The number of nitrogens with zero attached hydrogens (tertiary/aromatic N) is 2. The van der Waals surface area contributed by atoms with Crippen LogP contribution in [0.15, 0.2) is 95.5 Å². The van der Waals surface area contributed by atoms with E-state index in [1.165, 1.54) is 0 Å². The van der Waals surface area contributed by atoms with Gasteiger partial charge in [0.05, 0.1) is 12.8 Å². The van der Waals surface area contributed by atoms with Gasteiger partial charge in [0, 0.05) is 17.1 Å². The SMILES string of the molecule is COc1ccc(-c2nn(-c3ccccc3)cc2C(=O)OCC(=O)c2cc3ccccc3o2)cc1. The van der Waals surface area contributed by atoms with Crippen molar-refractivity contribution in [2.45, 2.75) is 0 Å². The van der Waals surface area contributed by atoms with E-state index in [0.29, 0.717) is 22.6 Å². The zero-order valence-electron chi connectivity index (χ0n) is 18.3. The van der Waals surface area contributed by atoms with Gasteiger partial charge in [-0.25, -0.2) is 9.48 Å². The maximum Gasteiger partial charge on any atom is 0.342 e. The summed E-state index contributed by atoms with van der Waals surface area (Å²) in [6.07, 6.45) is 1.60. The number of hydrogen-bond donors (Lipinski definition) is 0. The predicted octanol–water partition coefficient (Wildman–Crippen LogP) is 5.33. The lowest BCUT2D eigenvalue weighted by atomic mass is 10.1. The lowest BCUT2D eigenvalue weighted by molar-refractivity contribution is 0.0469. The van der Waals surface area contributed by atoms with Crippen LogP contribution in [0.25, 0.3) is 27.9 Å². The van der Waals surface area contributed by atoms with Crippen LogP contribution in [0.3, 0.4) is 0 Å². The third-order valence-corrected chi connectivity index (χ3v) is 5.35. The molecule has 0 aliphatic heterocycles. The van der Waals surface area contributed by atoms with E-state index in [2.05, 4.69) is 5.10 Å². The highest BCUT2D eigenvalue weighted by Gasteiger charge is 2.22. The van der Waals surface area contributed by atoms with Gasteiger partial charge in [0.15, 0.2) is 12.4 Å². The fourth-order valence-corrected chi connectivity index (χ4v) is 3.60. The van der Waals surface area contributed by atoms with E-state index in [4.69, 9.17) is 13.9 Å². The van der Waals surface area contributed by atoms with E-state index in [-0.39, 0.29) is 11.3 Å². The molecule has 3 aromatic carbocycles. The molecule has 0 aliphatic carbocycles. The highest BCUT2D eigenvalue weighted by atomic mass is 16.5. The van der Waals surface area contributed by atoms with Crippen molar-refractivity contribution in [1.29, 1.82) is 0 Å². The van der Waals surface area contributed by atoms with Crippen LogP contribution in [0.2, 0.25) is 0 Å². The fraction of sp³-hybridized carbons (Fsp3) is 0.0741. The first-order valence-corrected chi connectivity index (χ1v) is 10.6. The van der Waals surface area contributed by atoms with E-state index in [0.717, 1.165) is 11.1 Å². The number of hydrogen-bond acceptors (Lipinski definition) is 6. The first-order chi connectivity index (χ1) is 16.6. The number of para-hydroxylation sites is 2. The topological polar surface area (TPSA) is 83.6 Å². The summed E-state index contributed by atoms with van der Waals surface area (Å²) in [6.45, 7) is -0.447. The molecule has 2 aromatic heterocycles. The summed E-state index contributed by atoms with van der Waals surface area (Å²) in [5, 5.41) is 5.42. The zero-order chi connectivity index (χ0) is 23.5. The van der Waals surface area contributed by atoms with Gasteiger partial charge in [0.2, 0.25) is 5.78 Å². The van der Waals surface area contributed by atoms with Crippen LogP contribution in [0.5, 0.6) is 5.75 Å². The number of aromatic nitrogens is 2. The Kier molecular flexibility index (Phi) is 5.66. The second-order valence-corrected chi connectivity index (χ2v) is 7.55. The summed E-state index contributed by atoms with van der Waals surface area (Å²) >= 11 is 0. The van der Waals surface area contributed by atoms with Crippen molar-refractivity contribution in [1.82, 2.24) is 9.78 Å². The maximum absolute atomic E-state index is 13.0. The van der Waals surface area contributed by atoms with Crippen molar-refractivity contribution >= 4 is 22.7 Å². The molecule has 168 valence electrons. The van der Waals surface area contributed by atoms with Gasteiger partial charge in [0.1, 0.15) is 22.6 Å². The smallest absolute Gasteiger partial charge is 0.342 e. The largest absolute Gasteiger partial charge is 0.497 e. The number of rotatable bonds is 7. The van der Waals surface area contributed by atoms with Gasteiger partial charge in [-0.1, -0.05) is 36.4 Å². The molecule has 0 fully saturated rings. The molecular formula is C27H20N2O5. The third kappa shape index (κ3) is 4.19. The fourth-order valence-electron chi connectivity index (χ4n) is 3.60. The minimum atomic E-state index is -0.655. The molecule has 7 heteroatoms. The highest BCUT2D eigenvalue weighted by Crippen LogP contribution is 2.27. The van der Waals surface area contributed by atoms with Crippen LogP contribution >= 0.6 is 0 Å². The second-order valence-electron chi connectivity index (χ2n) is 7.55. The minimum absolute atomic E-state index is 0.143. The molecule has 5 aromatic rings. The summed E-state index contributed by atoms with van der Waals surface area (Å²) in [5.74, 6) is -0.250. The van der Waals surface area contributed by atoms with Crippen LogP contribution in [-0.2, 0) is 4.74 Å². The van der Waals surface area contributed by atoms with Crippen molar-refractivity contribution < 1.29 is 23.5 Å². The van der Waals surface area contributed by atoms with E-state index in [1.54, 1.807) is 42.3 Å². The molecule has 0 saturated carbocycles. The van der Waals surface area contributed by atoms with Crippen molar-refractivity contribution in [2.75, 3.05) is 13.7 Å². The van der Waals surface area contributed by atoms with Gasteiger partial charge < -0.3 is 13.9 Å². The van der Waals surface area contributed by atoms with E-state index in [1.807, 2.05) is 60.7 Å². The first kappa shape index (κ1) is 21.2. The second kappa shape index (κ2) is 9.07. The van der Waals surface area contributed by atoms with Gasteiger partial charge in [-0.15, -0.1) is 0 Å². The standard InChI is InChI=1S/C27H20N2O5/c1-32-21-13-11-18(12-14-21)26-22(16-29(28-26)20-8-3-2-4-9-20)27(31)33-17-23(30)25-15-19-7-5-6-10-24(19)34-25/h2-16H,17H2,1H3. The Balaban J connectivity index is 1.41. The minimum Gasteiger partial charge on any atom is -0.497 e. The Bertz CT molecular complexity index is 1430. The number of ketones is 1. The van der Waals surface area contributed by atoms with Crippen LogP contribution in [-0.4, -0.2) is 35.2 Å². The van der Waals surface area contributed by atoms with Crippen molar-refractivity contribution in [3.63, 3.8) is 0 Å². The van der Waals surface area contributed by atoms with E-state index in [9.17, 15) is 9.59 Å². The van der Waals surface area contributed by atoms with Gasteiger partial charge >= 0.3 is 5.97 Å². The molecule has 34 heavy (non-hydrogen) atoms. The molecule has 0 radical (unpaired) electrons. The number of fused-ring (bicyclic) bond motifs is 1. The maximum atomic E-state index is 13.0. The molecule has 0 amide bonds. The summed E-state index contributed by atoms with van der Waals surface area (Å²) in [4.78, 5) is 25.6. The lowest BCUT2D eigenvalue weighted by Gasteiger charge is -2.05. The number of ether oxygens (including phenoxy) is 2. The highest BCUT2D eigenvalue weighted by molar-refractivity contribution is 6.01. The normalized spacial score (nSPS) is 10.9. The Labute approximate surface area is 195 Å². The molecule has 0 atom stereocenters. The van der Waals surface area contributed by atoms with Gasteiger partial charge in [-0.3, -0.25) is 4.79 Å². The van der Waals surface area contributed by atoms with Crippen LogP contribution in [0, 0.1) is 0 Å². The number of furan rings is 1. The van der Waals surface area contributed by atoms with Crippen LogP contribution in [0.1, 0.15) is 20.9 Å². The Morgan fingerprint density at radius 2 is 1.68 bits per heavy atom. The number of Topliss-reactive ketones (excluding diaryl/α,β-unsaturated/α-hetero) is 1. The molecular weight excluding hydrogens is 432 g/mol. The first-order valence-electron chi connectivity index (χ1n) is 10.6. The van der Waals surface area contributed by atoms with Crippen LogP contribution in [0.4, 0.5) is 0 Å². The average molecular weight is 452 g/mol. The Morgan fingerprint density at radius 1 is 0.941 bits per heavy atom. The molecule has 7 nitrogen and oxygen atoms in total. The quantitative estimate of drug-likeness (QED) is 0.245. The molecule has 0 unspecified atom stereocenters. The van der Waals surface area contributed by atoms with Crippen molar-refractivity contribution in [3.05, 3.63) is 102 Å². The van der Waals surface area contributed by atoms with E-state index < -0.39 is 18.4 Å². The summed E-state index contributed by atoms with van der Waals surface area (Å²) in [5.41, 5.74) is 2.78. The summed E-state index contributed by atoms with van der Waals surface area (Å²) in [7, 11) is 1.58. The Morgan fingerprint density at radius 3 is 2.41 bits per heavy atom. The monoisotopic (exact) mass is 452 g/mol. The number of carbonyl (C=O) groups is 2. The summed E-state index contributed by atoms with van der Waals surface area (Å²) in [6, 6.07) is 25.6.